The Hall–Kier alpha value is -3.77. The molecule has 6 heteroatoms. The molecule has 0 saturated heterocycles. The molecule has 5 nitrogen and oxygen atoms in total. The van der Waals surface area contributed by atoms with Crippen LogP contribution in [-0.4, -0.2) is 22.0 Å². The molecular formula is C30H34FN5. The van der Waals surface area contributed by atoms with Crippen LogP contribution in [0.4, 0.5) is 4.39 Å². The summed E-state index contributed by atoms with van der Waals surface area (Å²) in [5, 5.41) is 2.65. The first-order chi connectivity index (χ1) is 17.2. The van der Waals surface area contributed by atoms with Crippen LogP contribution in [0.25, 0.3) is 10.9 Å². The molecule has 4 N–H and O–H groups in total. The Morgan fingerprint density at radius 2 is 1.75 bits per heavy atom. The summed E-state index contributed by atoms with van der Waals surface area (Å²) in [6, 6.07) is 17.2. The number of hydrazine groups is 1. The molecule has 186 valence electrons. The predicted molar refractivity (Wildman–Crippen MR) is 145 cm³/mol. The highest BCUT2D eigenvalue weighted by Crippen LogP contribution is 2.36. The zero-order valence-corrected chi connectivity index (χ0v) is 21.6. The lowest BCUT2D eigenvalue weighted by Gasteiger charge is -2.28. The zero-order valence-electron chi connectivity index (χ0n) is 21.6. The van der Waals surface area contributed by atoms with Crippen molar-refractivity contribution in [2.45, 2.75) is 46.5 Å². The van der Waals surface area contributed by atoms with Gasteiger partial charge >= 0.3 is 0 Å². The largest absolute Gasteiger partial charge is 0.403 e. The third-order valence-corrected chi connectivity index (χ3v) is 6.89. The Balaban J connectivity index is 1.90. The summed E-state index contributed by atoms with van der Waals surface area (Å²) in [5.41, 5.74) is 16.3. The Bertz CT molecular complexity index is 1420. The van der Waals surface area contributed by atoms with Gasteiger partial charge in [0.1, 0.15) is 5.82 Å². The van der Waals surface area contributed by atoms with Gasteiger partial charge in [0.25, 0.3) is 0 Å². The van der Waals surface area contributed by atoms with Crippen LogP contribution in [0.15, 0.2) is 66.5 Å². The van der Waals surface area contributed by atoms with E-state index in [0.717, 1.165) is 56.8 Å². The molecule has 2 aromatic carbocycles. The molecule has 2 aromatic heterocycles. The van der Waals surface area contributed by atoms with Crippen LogP contribution in [0.1, 0.15) is 57.7 Å². The number of allylic oxidation sites excluding steroid dienone is 1. The van der Waals surface area contributed by atoms with E-state index in [2.05, 4.69) is 38.1 Å². The minimum absolute atomic E-state index is 0.187. The smallest absolute Gasteiger partial charge is 0.123 e. The molecule has 1 atom stereocenters. The fourth-order valence-corrected chi connectivity index (χ4v) is 4.99. The van der Waals surface area contributed by atoms with Crippen molar-refractivity contribution >= 4 is 10.9 Å². The van der Waals surface area contributed by atoms with Gasteiger partial charge in [-0.3, -0.25) is 9.97 Å². The third kappa shape index (κ3) is 4.95. The van der Waals surface area contributed by atoms with Gasteiger partial charge in [-0.1, -0.05) is 31.2 Å². The predicted octanol–water partition coefficient (Wildman–Crippen LogP) is 5.58. The first-order valence-electron chi connectivity index (χ1n) is 12.2. The van der Waals surface area contributed by atoms with Crippen molar-refractivity contribution < 1.29 is 4.39 Å². The maximum atomic E-state index is 13.5. The number of nitrogens with two attached hydrogens (primary N) is 2. The summed E-state index contributed by atoms with van der Waals surface area (Å²) in [4.78, 5) is 9.71. The zero-order chi connectivity index (χ0) is 26.0. The second-order valence-electron chi connectivity index (χ2n) is 9.36. The number of likely N-dealkylation sites (N-methyl/N-ethyl adjacent to an activating group) is 1. The number of halogens is 1. The van der Waals surface area contributed by atoms with E-state index in [1.54, 1.807) is 18.3 Å². The topological polar surface area (TPSA) is 81.1 Å². The van der Waals surface area contributed by atoms with E-state index >= 15 is 0 Å². The lowest BCUT2D eigenvalue weighted by Crippen LogP contribution is -2.30. The average molecular weight is 484 g/mol. The Kier molecular flexibility index (Phi) is 7.36. The van der Waals surface area contributed by atoms with Crippen molar-refractivity contribution in [1.29, 1.82) is 0 Å². The van der Waals surface area contributed by atoms with Crippen molar-refractivity contribution in [2.24, 2.45) is 11.6 Å². The lowest BCUT2D eigenvalue weighted by molar-refractivity contribution is 0.414. The summed E-state index contributed by atoms with van der Waals surface area (Å²) in [6.45, 7) is 8.27. The normalized spacial score (nSPS) is 12.7. The number of aromatic nitrogens is 2. The minimum Gasteiger partial charge on any atom is -0.403 e. The van der Waals surface area contributed by atoms with E-state index in [1.807, 2.05) is 32.0 Å². The van der Waals surface area contributed by atoms with Crippen LogP contribution in [0.5, 0.6) is 0 Å². The van der Waals surface area contributed by atoms with Crippen molar-refractivity contribution in [1.82, 2.24) is 15.0 Å². The molecule has 4 aromatic rings. The Morgan fingerprint density at radius 1 is 1.03 bits per heavy atom. The van der Waals surface area contributed by atoms with Gasteiger partial charge in [0.05, 0.1) is 17.1 Å². The van der Waals surface area contributed by atoms with Crippen LogP contribution in [-0.2, 0) is 12.8 Å². The molecule has 2 heterocycles. The lowest BCUT2D eigenvalue weighted by atomic mass is 9.85. The number of nitrogens with zero attached hydrogens (tertiary/aromatic N) is 3. The molecule has 4 rings (SSSR count). The molecule has 0 aliphatic heterocycles. The molecule has 0 amide bonds. The summed E-state index contributed by atoms with van der Waals surface area (Å²) < 4.78 is 13.5. The van der Waals surface area contributed by atoms with Crippen molar-refractivity contribution in [3.05, 3.63) is 117 Å². The van der Waals surface area contributed by atoms with Crippen LogP contribution < -0.4 is 11.6 Å². The van der Waals surface area contributed by atoms with E-state index in [9.17, 15) is 4.39 Å². The van der Waals surface area contributed by atoms with Gasteiger partial charge in [-0.2, -0.15) is 0 Å². The first kappa shape index (κ1) is 25.3. The summed E-state index contributed by atoms with van der Waals surface area (Å²) in [6.07, 6.45) is 3.09. The summed E-state index contributed by atoms with van der Waals surface area (Å²) in [7, 11) is 1.80. The molecule has 0 fully saturated rings. The van der Waals surface area contributed by atoms with E-state index in [1.165, 1.54) is 23.3 Å². The van der Waals surface area contributed by atoms with Crippen molar-refractivity contribution in [2.75, 3.05) is 7.05 Å². The van der Waals surface area contributed by atoms with E-state index in [0.29, 0.717) is 6.42 Å². The number of hydrogen-bond donors (Lipinski definition) is 2. The van der Waals surface area contributed by atoms with Gasteiger partial charge < -0.3 is 10.7 Å². The van der Waals surface area contributed by atoms with Gasteiger partial charge in [0, 0.05) is 35.7 Å². The highest BCUT2D eigenvalue weighted by Gasteiger charge is 2.24. The minimum atomic E-state index is -0.229. The maximum Gasteiger partial charge on any atom is 0.123 e. The highest BCUT2D eigenvalue weighted by atomic mass is 19.1. The second kappa shape index (κ2) is 10.5. The van der Waals surface area contributed by atoms with Crippen LogP contribution in [0, 0.1) is 26.6 Å². The standard InChI is InChI=1S/C30H34FN5/c1-6-27-25(15-21-8-11-23(31)12-9-21)19(3)26-16-22(10-14-28(26)35-27)30(29(17-32)36(5)33)24-13-7-18(2)34-20(24)4/h7-14,16-17,30H,6,15,32-33H2,1-5H3/b29-17-. The van der Waals surface area contributed by atoms with Crippen molar-refractivity contribution in [3.63, 3.8) is 0 Å². The number of hydrogen-bond acceptors (Lipinski definition) is 5. The molecule has 0 aliphatic carbocycles. The van der Waals surface area contributed by atoms with Gasteiger partial charge in [-0.25, -0.2) is 10.2 Å². The van der Waals surface area contributed by atoms with Crippen LogP contribution in [0.3, 0.4) is 0 Å². The highest BCUT2D eigenvalue weighted by molar-refractivity contribution is 5.85. The molecule has 0 bridgehead atoms. The first-order valence-corrected chi connectivity index (χ1v) is 12.2. The molecular weight excluding hydrogens is 449 g/mol. The number of benzene rings is 2. The maximum absolute atomic E-state index is 13.5. The SMILES string of the molecule is CCc1nc2ccc(C(/C(=C/N)N(C)N)c3ccc(C)nc3C)cc2c(C)c1Cc1ccc(F)cc1. The quantitative estimate of drug-likeness (QED) is 0.265. The van der Waals surface area contributed by atoms with Crippen molar-refractivity contribution in [3.8, 4) is 0 Å². The monoisotopic (exact) mass is 483 g/mol. The number of rotatable bonds is 7. The molecule has 1 unspecified atom stereocenters. The number of aryl methyl sites for hydroxylation is 4. The fourth-order valence-electron chi connectivity index (χ4n) is 4.99. The average Bonchev–Trinajstić information content (AvgIpc) is 2.85. The van der Waals surface area contributed by atoms with Gasteiger partial charge in [0.15, 0.2) is 0 Å². The Morgan fingerprint density at radius 3 is 2.36 bits per heavy atom. The Labute approximate surface area is 212 Å². The van der Waals surface area contributed by atoms with Gasteiger partial charge in [0.2, 0.25) is 0 Å². The number of fused-ring (bicyclic) bond motifs is 1. The summed E-state index contributed by atoms with van der Waals surface area (Å²) in [5.74, 6) is 5.81. The molecule has 36 heavy (non-hydrogen) atoms. The van der Waals surface area contributed by atoms with E-state index < -0.39 is 0 Å². The number of pyridine rings is 2. The molecule has 0 radical (unpaired) electrons. The molecule has 0 spiro atoms. The molecule has 0 aliphatic rings. The molecule has 0 saturated carbocycles. The van der Waals surface area contributed by atoms with Gasteiger partial charge in [-0.15, -0.1) is 0 Å². The van der Waals surface area contributed by atoms with Crippen LogP contribution in [0.2, 0.25) is 0 Å². The van der Waals surface area contributed by atoms with E-state index in [-0.39, 0.29) is 11.7 Å². The second-order valence-corrected chi connectivity index (χ2v) is 9.36. The third-order valence-electron chi connectivity index (χ3n) is 6.89. The van der Waals surface area contributed by atoms with Crippen LogP contribution >= 0.6 is 0 Å². The summed E-state index contributed by atoms with van der Waals surface area (Å²) >= 11 is 0. The van der Waals surface area contributed by atoms with E-state index in [4.69, 9.17) is 21.5 Å². The van der Waals surface area contributed by atoms with Gasteiger partial charge in [-0.05, 0) is 91.8 Å². The fraction of sp³-hybridized carbons (Fsp3) is 0.267.